The lowest BCUT2D eigenvalue weighted by atomic mass is 9.93. The number of ketones is 1. The van der Waals surface area contributed by atoms with Crippen molar-refractivity contribution in [1.29, 1.82) is 0 Å². The summed E-state index contributed by atoms with van der Waals surface area (Å²) in [5, 5.41) is 68.8. The predicted molar refractivity (Wildman–Crippen MR) is 113 cm³/mol. The Bertz CT molecular complexity index is 1040. The predicted octanol–water partition coefficient (Wildman–Crippen LogP) is 0.436. The van der Waals surface area contributed by atoms with E-state index in [9.17, 15) is 40.5 Å². The molecule has 11 nitrogen and oxygen atoms in total. The first-order valence-electron chi connectivity index (χ1n) is 10.7. The van der Waals surface area contributed by atoms with Gasteiger partial charge in [-0.1, -0.05) is 6.07 Å². The number of hydrogen-bond acceptors (Lipinski definition) is 11. The van der Waals surface area contributed by atoms with E-state index in [4.69, 9.17) is 14.2 Å². The van der Waals surface area contributed by atoms with Gasteiger partial charge in [-0.3, -0.25) is 4.79 Å². The number of benzene rings is 2. The number of rotatable bonds is 6. The topological polar surface area (TPSA) is 186 Å². The van der Waals surface area contributed by atoms with E-state index in [1.165, 1.54) is 30.3 Å². The van der Waals surface area contributed by atoms with E-state index in [2.05, 4.69) is 0 Å². The van der Waals surface area contributed by atoms with Gasteiger partial charge in [0.1, 0.15) is 30.5 Å². The van der Waals surface area contributed by atoms with E-state index in [0.29, 0.717) is 5.56 Å². The number of carbonyl (C=O) groups excluding carboxylic acids is 1. The minimum atomic E-state index is -1.44. The van der Waals surface area contributed by atoms with Crippen LogP contribution >= 0.6 is 0 Å². The Kier molecular flexibility index (Phi) is 6.94. The second-order valence-electron chi connectivity index (χ2n) is 8.32. The normalized spacial score (nSPS) is 31.1. The van der Waals surface area contributed by atoms with Crippen molar-refractivity contribution in [1.82, 2.24) is 0 Å². The molecule has 184 valence electrons. The smallest absolute Gasteiger partial charge is 0.187 e. The maximum absolute atomic E-state index is 12.7. The number of Topliss-reactive ketones (excluding diaryl/α,β-unsaturated/α-hetero) is 1. The van der Waals surface area contributed by atoms with Gasteiger partial charge in [-0.25, -0.2) is 0 Å². The first-order valence-corrected chi connectivity index (χ1v) is 10.7. The van der Waals surface area contributed by atoms with Gasteiger partial charge in [-0.15, -0.1) is 0 Å². The zero-order valence-electron chi connectivity index (χ0n) is 17.9. The summed E-state index contributed by atoms with van der Waals surface area (Å²) in [4.78, 5) is 12.7. The van der Waals surface area contributed by atoms with Crippen LogP contribution < -0.4 is 0 Å². The zero-order chi connectivity index (χ0) is 24.6. The lowest BCUT2D eigenvalue weighted by Gasteiger charge is -2.48. The standard InChI is InChI=1S/C23H26O11/c24-9-18-19(30)20(31)22-23(33-18)32-17(21(34-22)11-2-4-14(27)16(29)8-11)6-5-12(25)10-1-3-13(26)15(28)7-10/h1-4,7-8,17-24,26-31H,5-6,9H2/t17-,18+,19-,20-,21-,22-,23-/m1/s1. The summed E-state index contributed by atoms with van der Waals surface area (Å²) in [6.45, 7) is -0.562. The Morgan fingerprint density at radius 2 is 1.44 bits per heavy atom. The monoisotopic (exact) mass is 478 g/mol. The highest BCUT2D eigenvalue weighted by molar-refractivity contribution is 5.96. The van der Waals surface area contributed by atoms with Crippen molar-refractivity contribution in [2.75, 3.05) is 6.61 Å². The van der Waals surface area contributed by atoms with Crippen LogP contribution in [-0.4, -0.2) is 84.9 Å². The van der Waals surface area contributed by atoms with Crippen LogP contribution in [0.15, 0.2) is 36.4 Å². The summed E-state index contributed by atoms with van der Waals surface area (Å²) >= 11 is 0. The molecule has 0 bridgehead atoms. The SMILES string of the molecule is O=C(CC[C@H]1O[C@@H]2O[C@@H](CO)[C@@H](O)[C@@H](O)[C@H]2O[C@@H]1c1ccc(O)c(O)c1)c1ccc(O)c(O)c1. The van der Waals surface area contributed by atoms with E-state index in [-0.39, 0.29) is 35.7 Å². The Balaban J connectivity index is 1.57. The summed E-state index contributed by atoms with van der Waals surface area (Å²) in [6, 6.07) is 7.72. The number of carbonyl (C=O) groups is 1. The minimum Gasteiger partial charge on any atom is -0.504 e. The summed E-state index contributed by atoms with van der Waals surface area (Å²) in [5.41, 5.74) is 0.566. The second-order valence-corrected chi connectivity index (χ2v) is 8.32. The molecular weight excluding hydrogens is 452 g/mol. The van der Waals surface area contributed by atoms with Crippen LogP contribution in [-0.2, 0) is 14.2 Å². The lowest BCUT2D eigenvalue weighted by Crippen LogP contribution is -2.63. The zero-order valence-corrected chi connectivity index (χ0v) is 17.9. The molecule has 7 N–H and O–H groups in total. The van der Waals surface area contributed by atoms with Crippen molar-refractivity contribution in [3.63, 3.8) is 0 Å². The van der Waals surface area contributed by atoms with E-state index in [1.807, 2.05) is 0 Å². The first-order chi connectivity index (χ1) is 16.2. The van der Waals surface area contributed by atoms with Gasteiger partial charge >= 0.3 is 0 Å². The molecule has 0 aliphatic carbocycles. The first kappa shape index (κ1) is 24.2. The van der Waals surface area contributed by atoms with Crippen molar-refractivity contribution < 1.29 is 54.8 Å². The number of phenols is 4. The largest absolute Gasteiger partial charge is 0.504 e. The van der Waals surface area contributed by atoms with Gasteiger partial charge in [-0.2, -0.15) is 0 Å². The van der Waals surface area contributed by atoms with E-state index < -0.39 is 61.0 Å². The molecule has 0 saturated carbocycles. The molecule has 2 heterocycles. The van der Waals surface area contributed by atoms with Crippen LogP contribution in [0.2, 0.25) is 0 Å². The van der Waals surface area contributed by atoms with Gasteiger partial charge in [-0.05, 0) is 42.3 Å². The molecule has 2 aliphatic heterocycles. The minimum absolute atomic E-state index is 0.0508. The number of phenolic OH excluding ortho intramolecular Hbond substituents is 4. The molecule has 7 atom stereocenters. The Morgan fingerprint density at radius 3 is 2.09 bits per heavy atom. The fraction of sp³-hybridized carbons (Fsp3) is 0.435. The maximum Gasteiger partial charge on any atom is 0.187 e. The molecule has 0 amide bonds. The number of aromatic hydroxyl groups is 4. The van der Waals surface area contributed by atoms with E-state index >= 15 is 0 Å². The van der Waals surface area contributed by atoms with Crippen LogP contribution in [0.3, 0.4) is 0 Å². The molecular formula is C23H26O11. The van der Waals surface area contributed by atoms with Gasteiger partial charge in [0.25, 0.3) is 0 Å². The van der Waals surface area contributed by atoms with Gasteiger partial charge in [0.05, 0.1) is 12.7 Å². The lowest BCUT2D eigenvalue weighted by molar-refractivity contribution is -0.369. The van der Waals surface area contributed by atoms with Crippen LogP contribution in [0.5, 0.6) is 23.0 Å². The Hall–Kier alpha value is -2.93. The second kappa shape index (κ2) is 9.74. The molecule has 2 saturated heterocycles. The van der Waals surface area contributed by atoms with Crippen molar-refractivity contribution in [2.45, 2.75) is 55.8 Å². The highest BCUT2D eigenvalue weighted by Crippen LogP contribution is 2.41. The van der Waals surface area contributed by atoms with Crippen molar-refractivity contribution in [3.8, 4) is 23.0 Å². The third kappa shape index (κ3) is 4.67. The molecule has 0 aromatic heterocycles. The van der Waals surface area contributed by atoms with Crippen LogP contribution in [0, 0.1) is 0 Å². The van der Waals surface area contributed by atoms with Gasteiger partial charge in [0, 0.05) is 12.0 Å². The number of aliphatic hydroxyl groups excluding tert-OH is 3. The van der Waals surface area contributed by atoms with Gasteiger partial charge in [0.2, 0.25) is 0 Å². The average Bonchev–Trinajstić information content (AvgIpc) is 2.82. The summed E-state index contributed by atoms with van der Waals surface area (Å²) in [7, 11) is 0. The molecule has 0 radical (unpaired) electrons. The van der Waals surface area contributed by atoms with Gasteiger partial charge in [0.15, 0.2) is 35.1 Å². The number of fused-ring (bicyclic) bond motifs is 1. The molecule has 11 heteroatoms. The van der Waals surface area contributed by atoms with Gasteiger partial charge < -0.3 is 50.0 Å². The number of hydrogen-bond donors (Lipinski definition) is 7. The third-order valence-corrected chi connectivity index (χ3v) is 6.06. The molecule has 0 unspecified atom stereocenters. The maximum atomic E-state index is 12.7. The Labute approximate surface area is 194 Å². The van der Waals surface area contributed by atoms with Crippen LogP contribution in [0.1, 0.15) is 34.9 Å². The Morgan fingerprint density at radius 1 is 0.794 bits per heavy atom. The highest BCUT2D eigenvalue weighted by Gasteiger charge is 2.51. The fourth-order valence-corrected chi connectivity index (χ4v) is 4.16. The van der Waals surface area contributed by atoms with Crippen LogP contribution in [0.25, 0.3) is 0 Å². The van der Waals surface area contributed by atoms with E-state index in [1.54, 1.807) is 0 Å². The number of ether oxygens (including phenoxy) is 3. The molecule has 34 heavy (non-hydrogen) atoms. The molecule has 2 fully saturated rings. The summed E-state index contributed by atoms with van der Waals surface area (Å²) in [6.07, 6.45) is -7.92. The van der Waals surface area contributed by atoms with Crippen molar-refractivity contribution in [2.24, 2.45) is 0 Å². The average molecular weight is 478 g/mol. The molecule has 2 aromatic carbocycles. The van der Waals surface area contributed by atoms with Crippen LogP contribution in [0.4, 0.5) is 0 Å². The summed E-state index contributed by atoms with van der Waals surface area (Å²) < 4.78 is 17.6. The fourth-order valence-electron chi connectivity index (χ4n) is 4.16. The van der Waals surface area contributed by atoms with E-state index in [0.717, 1.165) is 6.07 Å². The quantitative estimate of drug-likeness (QED) is 0.225. The third-order valence-electron chi connectivity index (χ3n) is 6.06. The molecule has 2 aromatic rings. The van der Waals surface area contributed by atoms with Crippen molar-refractivity contribution >= 4 is 5.78 Å². The molecule has 2 aliphatic rings. The summed E-state index contributed by atoms with van der Waals surface area (Å²) in [5.74, 6) is -1.88. The highest BCUT2D eigenvalue weighted by atomic mass is 16.7. The number of aliphatic hydroxyl groups is 3. The van der Waals surface area contributed by atoms with Crippen molar-refractivity contribution in [3.05, 3.63) is 47.5 Å². The molecule has 0 spiro atoms. The molecule has 4 rings (SSSR count).